The van der Waals surface area contributed by atoms with Gasteiger partial charge in [-0.1, -0.05) is 0 Å². The third-order valence-corrected chi connectivity index (χ3v) is 5.61. The molecule has 0 bridgehead atoms. The highest BCUT2D eigenvalue weighted by molar-refractivity contribution is 6.04. The van der Waals surface area contributed by atoms with Crippen molar-refractivity contribution in [2.45, 2.75) is 39.8 Å². The van der Waals surface area contributed by atoms with Crippen molar-refractivity contribution in [1.82, 2.24) is 19.7 Å². The number of likely N-dealkylation sites (N-methyl/N-ethyl adjacent to an activating group) is 1. The Morgan fingerprint density at radius 3 is 2.55 bits per heavy atom. The maximum absolute atomic E-state index is 13.0. The number of hydrogen-bond donors (Lipinski definition) is 0. The summed E-state index contributed by atoms with van der Waals surface area (Å²) in [6.45, 7) is 8.41. The molecule has 1 amide bonds. The van der Waals surface area contributed by atoms with E-state index in [0.29, 0.717) is 47.0 Å². The van der Waals surface area contributed by atoms with Crippen LogP contribution >= 0.6 is 0 Å². The van der Waals surface area contributed by atoms with E-state index in [1.165, 1.54) is 4.90 Å². The Hall–Kier alpha value is -3.62. The standard InChI is InChI=1S/C24H28N4O5/c1-14(2)27(5)22(29)13-33-24(30)17-11-19(26-23-18(17)12-25-28(23)15(3)4)16-6-7-20-21(10-16)32-9-8-31-20/h6-7,10-12,14-15H,8-9,13H2,1-5H3. The third kappa shape index (κ3) is 4.48. The molecule has 174 valence electrons. The molecule has 9 nitrogen and oxygen atoms in total. The first-order valence-electron chi connectivity index (χ1n) is 11.0. The second kappa shape index (κ2) is 9.09. The minimum absolute atomic E-state index is 0.00918. The van der Waals surface area contributed by atoms with Crippen LogP contribution in [-0.2, 0) is 9.53 Å². The summed E-state index contributed by atoms with van der Waals surface area (Å²) >= 11 is 0. The quantitative estimate of drug-likeness (QED) is 0.529. The molecule has 0 spiro atoms. The molecular formula is C24H28N4O5. The van der Waals surface area contributed by atoms with Crippen LogP contribution in [0.25, 0.3) is 22.3 Å². The monoisotopic (exact) mass is 452 g/mol. The number of carbonyl (C=O) groups excluding carboxylic acids is 2. The zero-order chi connectivity index (χ0) is 23.7. The van der Waals surface area contributed by atoms with Crippen LogP contribution in [-0.4, -0.2) is 64.5 Å². The molecule has 1 aliphatic rings. The summed E-state index contributed by atoms with van der Waals surface area (Å²) in [4.78, 5) is 31.7. The topological polar surface area (TPSA) is 95.8 Å². The maximum Gasteiger partial charge on any atom is 0.339 e. The van der Waals surface area contributed by atoms with Crippen molar-refractivity contribution in [3.63, 3.8) is 0 Å². The molecule has 1 aromatic carbocycles. The third-order valence-electron chi connectivity index (χ3n) is 5.61. The summed E-state index contributed by atoms with van der Waals surface area (Å²) in [7, 11) is 1.68. The van der Waals surface area contributed by atoms with Crippen LogP contribution in [0.4, 0.5) is 0 Å². The van der Waals surface area contributed by atoms with Crippen molar-refractivity contribution in [2.75, 3.05) is 26.9 Å². The molecule has 0 aliphatic carbocycles. The molecule has 0 radical (unpaired) electrons. The molecule has 0 atom stereocenters. The fourth-order valence-corrected chi connectivity index (χ4v) is 3.51. The van der Waals surface area contributed by atoms with Crippen molar-refractivity contribution >= 4 is 22.9 Å². The van der Waals surface area contributed by atoms with E-state index < -0.39 is 5.97 Å². The first-order chi connectivity index (χ1) is 15.8. The summed E-state index contributed by atoms with van der Waals surface area (Å²) in [6.07, 6.45) is 1.61. The number of pyridine rings is 1. The van der Waals surface area contributed by atoms with Gasteiger partial charge in [-0.05, 0) is 52.0 Å². The van der Waals surface area contributed by atoms with Gasteiger partial charge in [0.15, 0.2) is 23.8 Å². The normalized spacial score (nSPS) is 12.9. The molecule has 0 unspecified atom stereocenters. The Kier molecular flexibility index (Phi) is 6.22. The van der Waals surface area contributed by atoms with Crippen LogP contribution in [0.5, 0.6) is 11.5 Å². The van der Waals surface area contributed by atoms with Crippen LogP contribution < -0.4 is 9.47 Å². The van der Waals surface area contributed by atoms with Gasteiger partial charge in [0.25, 0.3) is 5.91 Å². The Morgan fingerprint density at radius 2 is 1.85 bits per heavy atom. The summed E-state index contributed by atoms with van der Waals surface area (Å²) in [5.41, 5.74) is 2.20. The smallest absolute Gasteiger partial charge is 0.339 e. The van der Waals surface area contributed by atoms with Gasteiger partial charge in [0.05, 0.1) is 22.8 Å². The molecule has 4 rings (SSSR count). The lowest BCUT2D eigenvalue weighted by Crippen LogP contribution is -2.36. The lowest BCUT2D eigenvalue weighted by molar-refractivity contribution is -0.134. The van der Waals surface area contributed by atoms with Crippen LogP contribution in [0.1, 0.15) is 44.1 Å². The van der Waals surface area contributed by atoms with Crippen molar-refractivity contribution in [1.29, 1.82) is 0 Å². The number of benzene rings is 1. The number of rotatable bonds is 6. The second-order valence-corrected chi connectivity index (χ2v) is 8.51. The molecule has 0 saturated carbocycles. The van der Waals surface area contributed by atoms with Crippen molar-refractivity contribution in [3.05, 3.63) is 36.0 Å². The maximum atomic E-state index is 13.0. The molecule has 33 heavy (non-hydrogen) atoms. The number of amides is 1. The predicted octanol–water partition coefficient (Wildman–Crippen LogP) is 3.47. The molecule has 0 N–H and O–H groups in total. The number of aromatic nitrogens is 3. The van der Waals surface area contributed by atoms with E-state index in [1.54, 1.807) is 24.0 Å². The Labute approximate surface area is 192 Å². The van der Waals surface area contributed by atoms with Gasteiger partial charge in [-0.25, -0.2) is 14.5 Å². The molecule has 1 aliphatic heterocycles. The average molecular weight is 453 g/mol. The molecule has 3 aromatic rings. The number of esters is 1. The Morgan fingerprint density at radius 1 is 1.12 bits per heavy atom. The number of carbonyl (C=O) groups is 2. The van der Waals surface area contributed by atoms with Crippen molar-refractivity contribution in [2.24, 2.45) is 0 Å². The first kappa shape index (κ1) is 22.6. The molecule has 0 saturated heterocycles. The van der Waals surface area contributed by atoms with Gasteiger partial charge in [0.1, 0.15) is 13.2 Å². The lowest BCUT2D eigenvalue weighted by atomic mass is 10.1. The number of ether oxygens (including phenoxy) is 3. The minimum Gasteiger partial charge on any atom is -0.486 e. The zero-order valence-corrected chi connectivity index (χ0v) is 19.5. The van der Waals surface area contributed by atoms with Gasteiger partial charge in [0.2, 0.25) is 0 Å². The van der Waals surface area contributed by atoms with E-state index in [-0.39, 0.29) is 24.6 Å². The fraction of sp³-hybridized carbons (Fsp3) is 0.417. The van der Waals surface area contributed by atoms with Crippen LogP contribution in [0.15, 0.2) is 30.5 Å². The van der Waals surface area contributed by atoms with E-state index >= 15 is 0 Å². The molecule has 3 heterocycles. The van der Waals surface area contributed by atoms with E-state index in [0.717, 1.165) is 5.56 Å². The highest BCUT2D eigenvalue weighted by atomic mass is 16.6. The molecule has 9 heteroatoms. The van der Waals surface area contributed by atoms with Gasteiger partial charge >= 0.3 is 5.97 Å². The largest absolute Gasteiger partial charge is 0.486 e. The fourth-order valence-electron chi connectivity index (χ4n) is 3.51. The van der Waals surface area contributed by atoms with E-state index in [2.05, 4.69) is 5.10 Å². The summed E-state index contributed by atoms with van der Waals surface area (Å²) in [5, 5.41) is 4.99. The van der Waals surface area contributed by atoms with Crippen molar-refractivity contribution < 1.29 is 23.8 Å². The zero-order valence-electron chi connectivity index (χ0n) is 19.5. The minimum atomic E-state index is -0.602. The predicted molar refractivity (Wildman–Crippen MR) is 123 cm³/mol. The molecule has 2 aromatic heterocycles. The second-order valence-electron chi connectivity index (χ2n) is 8.51. The number of fused-ring (bicyclic) bond motifs is 2. The highest BCUT2D eigenvalue weighted by Crippen LogP contribution is 2.35. The van der Waals surface area contributed by atoms with Gasteiger partial charge < -0.3 is 19.1 Å². The van der Waals surface area contributed by atoms with Crippen LogP contribution in [0.3, 0.4) is 0 Å². The van der Waals surface area contributed by atoms with E-state index in [9.17, 15) is 9.59 Å². The van der Waals surface area contributed by atoms with Crippen molar-refractivity contribution in [3.8, 4) is 22.8 Å². The molecular weight excluding hydrogens is 424 g/mol. The Balaban J connectivity index is 1.73. The number of hydrogen-bond acceptors (Lipinski definition) is 7. The SMILES string of the molecule is CC(C)N(C)C(=O)COC(=O)c1cc(-c2ccc3c(c2)OCCO3)nc2c1cnn2C(C)C. The first-order valence-corrected chi connectivity index (χ1v) is 11.0. The van der Waals surface area contributed by atoms with E-state index in [1.807, 2.05) is 45.9 Å². The lowest BCUT2D eigenvalue weighted by Gasteiger charge is -2.21. The van der Waals surface area contributed by atoms with E-state index in [4.69, 9.17) is 19.2 Å². The highest BCUT2D eigenvalue weighted by Gasteiger charge is 2.22. The Bertz CT molecular complexity index is 1200. The van der Waals surface area contributed by atoms with Gasteiger partial charge in [-0.2, -0.15) is 5.10 Å². The van der Waals surface area contributed by atoms with Crippen LogP contribution in [0, 0.1) is 0 Å². The summed E-state index contributed by atoms with van der Waals surface area (Å²) < 4.78 is 18.4. The summed E-state index contributed by atoms with van der Waals surface area (Å²) in [5.74, 6) is 0.429. The average Bonchev–Trinajstić information content (AvgIpc) is 3.25. The van der Waals surface area contributed by atoms with Crippen LogP contribution in [0.2, 0.25) is 0 Å². The number of nitrogens with zero attached hydrogens (tertiary/aromatic N) is 4. The summed E-state index contributed by atoms with van der Waals surface area (Å²) in [6, 6.07) is 7.25. The van der Waals surface area contributed by atoms with Gasteiger partial charge in [-0.15, -0.1) is 0 Å². The van der Waals surface area contributed by atoms with Gasteiger partial charge in [-0.3, -0.25) is 4.79 Å². The van der Waals surface area contributed by atoms with Gasteiger partial charge in [0, 0.05) is 24.7 Å². The molecule has 0 fully saturated rings.